The lowest BCUT2D eigenvalue weighted by atomic mass is 10.0. The molecule has 19 heavy (non-hydrogen) atoms. The number of aliphatic hydroxyl groups excluding tert-OH is 3. The molecule has 1 rings (SSSR count). The van der Waals surface area contributed by atoms with Crippen LogP contribution in [0.1, 0.15) is 5.56 Å². The molecule has 0 aromatic heterocycles. The molecule has 0 aliphatic heterocycles. The zero-order valence-electron chi connectivity index (χ0n) is 10.5. The minimum atomic E-state index is -1.09. The van der Waals surface area contributed by atoms with Crippen LogP contribution in [-0.4, -0.2) is 47.3 Å². The normalized spacial score (nSPS) is 11.1. The van der Waals surface area contributed by atoms with Crippen molar-refractivity contribution in [3.05, 3.63) is 29.8 Å². The van der Waals surface area contributed by atoms with E-state index in [9.17, 15) is 0 Å². The number of hydrogen-bond donors (Lipinski definition) is 4. The van der Waals surface area contributed by atoms with E-state index in [-0.39, 0.29) is 26.4 Å². The average Bonchev–Trinajstić information content (AvgIpc) is 2.48. The van der Waals surface area contributed by atoms with Gasteiger partial charge in [0, 0.05) is 6.54 Å². The second-order valence-electron chi connectivity index (χ2n) is 4.20. The molecule has 6 nitrogen and oxygen atoms in total. The third-order valence-electron chi connectivity index (χ3n) is 2.80. The van der Waals surface area contributed by atoms with Crippen molar-refractivity contribution in [2.75, 3.05) is 26.4 Å². The van der Waals surface area contributed by atoms with Gasteiger partial charge in [0.25, 0.3) is 0 Å². The smallest absolute Gasteiger partial charge is 0.174 e. The molecule has 0 fully saturated rings. The molecule has 1 aromatic carbocycles. The van der Waals surface area contributed by atoms with Gasteiger partial charge in [0.15, 0.2) is 6.61 Å². The molecule has 6 heteroatoms. The van der Waals surface area contributed by atoms with Crippen LogP contribution in [0.3, 0.4) is 0 Å². The lowest BCUT2D eigenvalue weighted by molar-refractivity contribution is 0.0414. The summed E-state index contributed by atoms with van der Waals surface area (Å²) < 4.78 is 5.12. The molecule has 0 spiro atoms. The summed E-state index contributed by atoms with van der Waals surface area (Å²) in [5.74, 6) is 0.600. The van der Waals surface area contributed by atoms with Crippen LogP contribution in [-0.2, 0) is 6.54 Å². The maximum atomic E-state index is 9.16. The van der Waals surface area contributed by atoms with Gasteiger partial charge in [-0.25, -0.2) is 0 Å². The maximum absolute atomic E-state index is 9.16. The standard InChI is InChI=1S/C13H18N2O4/c14-5-6-19-12-3-1-11(2-4-12)7-15-13(8-16,9-17)10-18/h1-4,15-18H,6-10H2. The Bertz CT molecular complexity index is 401. The Morgan fingerprint density at radius 3 is 2.16 bits per heavy atom. The third kappa shape index (κ3) is 4.50. The Morgan fingerprint density at radius 2 is 1.68 bits per heavy atom. The Kier molecular flexibility index (Phi) is 6.25. The van der Waals surface area contributed by atoms with E-state index in [4.69, 9.17) is 25.3 Å². The second-order valence-corrected chi connectivity index (χ2v) is 4.20. The lowest BCUT2D eigenvalue weighted by Crippen LogP contribution is -2.54. The summed E-state index contributed by atoms with van der Waals surface area (Å²) in [4.78, 5) is 0. The van der Waals surface area contributed by atoms with Crippen molar-refractivity contribution in [3.8, 4) is 11.8 Å². The van der Waals surface area contributed by atoms with Crippen LogP contribution < -0.4 is 10.1 Å². The van der Waals surface area contributed by atoms with Gasteiger partial charge in [-0.15, -0.1) is 0 Å². The van der Waals surface area contributed by atoms with E-state index in [1.807, 2.05) is 6.07 Å². The van der Waals surface area contributed by atoms with Gasteiger partial charge in [0.2, 0.25) is 0 Å². The molecule has 0 amide bonds. The van der Waals surface area contributed by atoms with Gasteiger partial charge in [0.05, 0.1) is 25.4 Å². The van der Waals surface area contributed by atoms with E-state index in [1.54, 1.807) is 24.3 Å². The first-order chi connectivity index (χ1) is 9.19. The monoisotopic (exact) mass is 266 g/mol. The summed E-state index contributed by atoms with van der Waals surface area (Å²) >= 11 is 0. The molecule has 0 bridgehead atoms. The van der Waals surface area contributed by atoms with E-state index >= 15 is 0 Å². The van der Waals surface area contributed by atoms with E-state index in [1.165, 1.54) is 0 Å². The van der Waals surface area contributed by atoms with E-state index < -0.39 is 5.54 Å². The Hall–Kier alpha value is -1.65. The highest BCUT2D eigenvalue weighted by Gasteiger charge is 2.26. The third-order valence-corrected chi connectivity index (χ3v) is 2.80. The molecule has 0 aliphatic rings. The zero-order chi connectivity index (χ0) is 14.1. The number of nitrogens with one attached hydrogen (secondary N) is 1. The topological polar surface area (TPSA) is 106 Å². The molecular weight excluding hydrogens is 248 g/mol. The van der Waals surface area contributed by atoms with Crippen molar-refractivity contribution in [2.24, 2.45) is 0 Å². The van der Waals surface area contributed by atoms with Crippen LogP contribution in [0.4, 0.5) is 0 Å². The summed E-state index contributed by atoms with van der Waals surface area (Å²) in [6, 6.07) is 8.94. The first kappa shape index (κ1) is 15.4. The Balaban J connectivity index is 2.56. The zero-order valence-corrected chi connectivity index (χ0v) is 10.5. The van der Waals surface area contributed by atoms with Crippen molar-refractivity contribution in [3.63, 3.8) is 0 Å². The number of rotatable bonds is 8. The fraction of sp³-hybridized carbons (Fsp3) is 0.462. The Labute approximate surface area is 111 Å². The summed E-state index contributed by atoms with van der Waals surface area (Å²) in [6.45, 7) is -0.684. The molecule has 0 radical (unpaired) electrons. The predicted octanol–water partition coefficient (Wildman–Crippen LogP) is -0.606. The maximum Gasteiger partial charge on any atom is 0.174 e. The fourth-order valence-corrected chi connectivity index (χ4v) is 1.43. The number of hydrogen-bond acceptors (Lipinski definition) is 6. The van der Waals surface area contributed by atoms with Crippen LogP contribution >= 0.6 is 0 Å². The van der Waals surface area contributed by atoms with Crippen LogP contribution in [0, 0.1) is 11.3 Å². The summed E-state index contributed by atoms with van der Waals surface area (Å²) in [5, 5.41) is 38.8. The summed E-state index contributed by atoms with van der Waals surface area (Å²) in [7, 11) is 0. The van der Waals surface area contributed by atoms with E-state index in [0.29, 0.717) is 12.3 Å². The van der Waals surface area contributed by atoms with Crippen LogP contribution in [0.15, 0.2) is 24.3 Å². The van der Waals surface area contributed by atoms with Gasteiger partial charge in [-0.05, 0) is 17.7 Å². The van der Waals surface area contributed by atoms with Crippen molar-refractivity contribution in [1.82, 2.24) is 5.32 Å². The van der Waals surface area contributed by atoms with Gasteiger partial charge in [-0.3, -0.25) is 0 Å². The fourth-order valence-electron chi connectivity index (χ4n) is 1.43. The highest BCUT2D eigenvalue weighted by molar-refractivity contribution is 5.27. The summed E-state index contributed by atoms with van der Waals surface area (Å²) in [5.41, 5.74) is -0.181. The van der Waals surface area contributed by atoms with Crippen LogP contribution in [0.2, 0.25) is 0 Å². The number of nitriles is 1. The molecule has 4 N–H and O–H groups in total. The molecule has 0 saturated carbocycles. The molecule has 0 saturated heterocycles. The second kappa shape index (κ2) is 7.71. The van der Waals surface area contributed by atoms with Crippen molar-refractivity contribution in [1.29, 1.82) is 5.26 Å². The molecule has 0 heterocycles. The van der Waals surface area contributed by atoms with Crippen molar-refractivity contribution >= 4 is 0 Å². The van der Waals surface area contributed by atoms with Crippen molar-refractivity contribution < 1.29 is 20.1 Å². The van der Waals surface area contributed by atoms with Gasteiger partial charge in [-0.2, -0.15) is 5.26 Å². The first-order valence-electron chi connectivity index (χ1n) is 5.86. The van der Waals surface area contributed by atoms with E-state index in [0.717, 1.165) is 5.56 Å². The highest BCUT2D eigenvalue weighted by atomic mass is 16.5. The molecule has 1 aromatic rings. The van der Waals surface area contributed by atoms with Gasteiger partial charge in [0.1, 0.15) is 11.8 Å². The number of aliphatic hydroxyl groups is 3. The quantitative estimate of drug-likeness (QED) is 0.500. The molecular formula is C13H18N2O4. The first-order valence-corrected chi connectivity index (χ1v) is 5.86. The van der Waals surface area contributed by atoms with E-state index in [2.05, 4.69) is 5.32 Å². The average molecular weight is 266 g/mol. The highest BCUT2D eigenvalue weighted by Crippen LogP contribution is 2.13. The van der Waals surface area contributed by atoms with Gasteiger partial charge in [-0.1, -0.05) is 12.1 Å². The predicted molar refractivity (Wildman–Crippen MR) is 68.4 cm³/mol. The van der Waals surface area contributed by atoms with Crippen LogP contribution in [0.5, 0.6) is 5.75 Å². The van der Waals surface area contributed by atoms with Gasteiger partial charge >= 0.3 is 0 Å². The van der Waals surface area contributed by atoms with Crippen molar-refractivity contribution in [2.45, 2.75) is 12.1 Å². The minimum absolute atomic E-state index is 0.000243. The minimum Gasteiger partial charge on any atom is -0.479 e. The number of ether oxygens (including phenoxy) is 1. The SMILES string of the molecule is N#CCOc1ccc(CNC(CO)(CO)CO)cc1. The lowest BCUT2D eigenvalue weighted by Gasteiger charge is -2.28. The molecule has 104 valence electrons. The number of benzene rings is 1. The number of nitrogens with zero attached hydrogens (tertiary/aromatic N) is 1. The van der Waals surface area contributed by atoms with Crippen LogP contribution in [0.25, 0.3) is 0 Å². The van der Waals surface area contributed by atoms with Gasteiger partial charge < -0.3 is 25.4 Å². The molecule has 0 unspecified atom stereocenters. The largest absolute Gasteiger partial charge is 0.479 e. The molecule has 0 atom stereocenters. The summed E-state index contributed by atoms with van der Waals surface area (Å²) in [6.07, 6.45) is 0. The Morgan fingerprint density at radius 1 is 1.11 bits per heavy atom. The molecule has 0 aliphatic carbocycles.